The van der Waals surface area contributed by atoms with Crippen molar-refractivity contribution in [3.63, 3.8) is 0 Å². The minimum Gasteiger partial charge on any atom is -0.374 e. The van der Waals surface area contributed by atoms with E-state index >= 15 is 0 Å². The Balaban J connectivity index is 0.711. The molecule has 4 saturated heterocycles. The summed E-state index contributed by atoms with van der Waals surface area (Å²) in [6.45, 7) is 6.55. The lowest BCUT2D eigenvalue weighted by Crippen LogP contribution is -2.45. The molecule has 1 saturated carbocycles. The number of nitrogens with one attached hydrogen (secondary N) is 2. The number of amides is 3. The number of anilines is 2. The highest BCUT2D eigenvalue weighted by Crippen LogP contribution is 2.37. The van der Waals surface area contributed by atoms with Crippen molar-refractivity contribution in [2.75, 3.05) is 49.6 Å². The second-order valence-electron chi connectivity index (χ2n) is 18.0. The van der Waals surface area contributed by atoms with Gasteiger partial charge in [-0.15, -0.1) is 0 Å². The van der Waals surface area contributed by atoms with E-state index in [4.69, 9.17) is 14.5 Å². The molecule has 4 aromatic heterocycles. The summed E-state index contributed by atoms with van der Waals surface area (Å²) in [7, 11) is 1.66. The average Bonchev–Trinajstić information content (AvgIpc) is 4.13. The zero-order valence-corrected chi connectivity index (χ0v) is 35.8. The van der Waals surface area contributed by atoms with Crippen LogP contribution in [0.25, 0.3) is 16.7 Å². The van der Waals surface area contributed by atoms with Crippen molar-refractivity contribution in [1.82, 2.24) is 43.7 Å². The number of benzene rings is 1. The van der Waals surface area contributed by atoms with E-state index in [1.807, 2.05) is 18.2 Å². The van der Waals surface area contributed by atoms with Gasteiger partial charge in [0.15, 0.2) is 11.3 Å². The predicted octanol–water partition coefficient (Wildman–Crippen LogP) is 4.23. The summed E-state index contributed by atoms with van der Waals surface area (Å²) in [4.78, 5) is 60.6. The Morgan fingerprint density at radius 2 is 1.92 bits per heavy atom. The van der Waals surface area contributed by atoms with Gasteiger partial charge in [0, 0.05) is 52.0 Å². The van der Waals surface area contributed by atoms with Gasteiger partial charge in [-0.1, -0.05) is 24.8 Å². The highest BCUT2D eigenvalue weighted by Gasteiger charge is 2.40. The van der Waals surface area contributed by atoms with Crippen LogP contribution in [-0.2, 0) is 26.1 Å². The van der Waals surface area contributed by atoms with E-state index in [-0.39, 0.29) is 72.5 Å². The first kappa shape index (κ1) is 42.0. The number of hydrogen-bond acceptors (Lipinski definition) is 11. The second kappa shape index (κ2) is 17.2. The Hall–Kier alpha value is -5.97. The van der Waals surface area contributed by atoms with Gasteiger partial charge in [-0.05, 0) is 75.0 Å². The number of morpholine rings is 1. The van der Waals surface area contributed by atoms with Crippen molar-refractivity contribution in [2.45, 2.75) is 95.0 Å². The Kier molecular flexibility index (Phi) is 11.3. The van der Waals surface area contributed by atoms with Crippen molar-refractivity contribution < 1.29 is 32.6 Å². The number of carbonyl (C=O) groups is 3. The first-order valence-corrected chi connectivity index (χ1v) is 22.3. The zero-order chi connectivity index (χ0) is 44.2. The Labute approximate surface area is 367 Å². The first-order valence-electron chi connectivity index (χ1n) is 22.3. The van der Waals surface area contributed by atoms with E-state index < -0.39 is 30.0 Å². The summed E-state index contributed by atoms with van der Waals surface area (Å²) < 4.78 is 46.7. The lowest BCUT2D eigenvalue weighted by Gasteiger charge is -2.39. The van der Waals surface area contributed by atoms with Crippen LogP contribution in [0.4, 0.5) is 20.3 Å². The molecule has 0 radical (unpaired) electrons. The maximum Gasteiger partial charge on any atom is 0.329 e. The van der Waals surface area contributed by atoms with Crippen LogP contribution in [0.3, 0.4) is 0 Å². The van der Waals surface area contributed by atoms with Crippen molar-refractivity contribution in [2.24, 2.45) is 18.9 Å². The van der Waals surface area contributed by atoms with E-state index in [1.165, 1.54) is 26.0 Å². The SMILES string of the molecule is C[C@H]1CN(C[C@H]2CC[C@H](n3cc(NC(=O)c4cnn5ccc(N6C[C@H]7C[C@@H]6CO7)nc45)c(C(F)F)n3)CC2)CC[C@@H]1OCC#Cc1cccc2c1n(C)c(=O)n2[C@H]1CCC(=O)NC1=O. The van der Waals surface area contributed by atoms with Gasteiger partial charge < -0.3 is 24.6 Å². The molecule has 0 unspecified atom stereocenters. The molecule has 5 aromatic rings. The predicted molar refractivity (Wildman–Crippen MR) is 230 cm³/mol. The van der Waals surface area contributed by atoms with E-state index in [2.05, 4.69) is 49.4 Å². The molecular formula is C45H51F2N11O6. The van der Waals surface area contributed by atoms with Gasteiger partial charge in [0.1, 0.15) is 24.0 Å². The number of para-hydroxylation sites is 1. The van der Waals surface area contributed by atoms with Crippen molar-refractivity contribution >= 4 is 45.9 Å². The number of ether oxygens (including phenoxy) is 2. The fraction of sp³-hybridized carbons (Fsp3) is 0.533. The molecule has 19 heteroatoms. The summed E-state index contributed by atoms with van der Waals surface area (Å²) in [5.41, 5.74) is 1.62. The Morgan fingerprint density at radius 1 is 1.08 bits per heavy atom. The maximum atomic E-state index is 14.3. The third-order valence-electron chi connectivity index (χ3n) is 13.8. The molecule has 5 atom stereocenters. The van der Waals surface area contributed by atoms with Crippen LogP contribution in [0.15, 0.2) is 47.7 Å². The number of aryl methyl sites for hydroxylation is 1. The largest absolute Gasteiger partial charge is 0.374 e. The smallest absolute Gasteiger partial charge is 0.329 e. The Bertz CT molecular complexity index is 2740. The zero-order valence-electron chi connectivity index (χ0n) is 35.8. The number of fused-ring (bicyclic) bond motifs is 4. The lowest BCUT2D eigenvalue weighted by atomic mass is 9.85. The topological polar surface area (TPSA) is 175 Å². The summed E-state index contributed by atoms with van der Waals surface area (Å²) in [6, 6.07) is 6.73. The molecule has 8 heterocycles. The molecule has 5 fully saturated rings. The van der Waals surface area contributed by atoms with Crippen LogP contribution in [0, 0.1) is 23.7 Å². The standard InChI is InChI=1S/C45H51F2N11O6/c1-26-21-54(16-14-36(26)63-18-4-6-28-5-3-7-34-40(28)53(2)45(62)58(34)35-12-13-38(59)51-44(35)61)22-27-8-10-29(11-9-27)57-24-33(39(52-57)41(46)47)49-43(60)32-20-48-56-17-15-37(50-42(32)56)55-23-31-19-30(55)25-64-31/h3,5,7,15,17,20,24,26-27,29-31,35-36,41H,8-14,16,18-19,21-23,25H2,1-2H3,(H,49,60)(H,51,59,61)/t26-,27-,29-,30+,31+,35-,36-/m0/s1. The molecular weight excluding hydrogens is 829 g/mol. The van der Waals surface area contributed by atoms with Crippen LogP contribution in [0.5, 0.6) is 0 Å². The molecule has 2 N–H and O–H groups in total. The number of alkyl halides is 2. The summed E-state index contributed by atoms with van der Waals surface area (Å²) >= 11 is 0. The highest BCUT2D eigenvalue weighted by molar-refractivity contribution is 6.08. The van der Waals surface area contributed by atoms with Gasteiger partial charge in [0.25, 0.3) is 12.3 Å². The number of aromatic nitrogens is 7. The normalized spacial score (nSPS) is 26.2. The molecule has 0 spiro atoms. The summed E-state index contributed by atoms with van der Waals surface area (Å²) in [5.74, 6) is 6.42. The summed E-state index contributed by atoms with van der Waals surface area (Å²) in [6.07, 6.45) is 7.77. The number of likely N-dealkylation sites (tertiary alicyclic amines) is 1. The van der Waals surface area contributed by atoms with Crippen LogP contribution in [-0.4, -0.2) is 114 Å². The van der Waals surface area contributed by atoms with Gasteiger partial charge in [0.2, 0.25) is 11.8 Å². The molecule has 1 aliphatic carbocycles. The molecule has 3 amide bonds. The van der Waals surface area contributed by atoms with Gasteiger partial charge in [-0.25, -0.2) is 23.1 Å². The molecule has 64 heavy (non-hydrogen) atoms. The van der Waals surface area contributed by atoms with E-state index in [9.17, 15) is 28.0 Å². The molecule has 2 bridgehead atoms. The number of carbonyl (C=O) groups excluding carboxylic acids is 3. The van der Waals surface area contributed by atoms with Gasteiger partial charge in [-0.2, -0.15) is 10.2 Å². The van der Waals surface area contributed by atoms with Crippen LogP contribution in [0.2, 0.25) is 0 Å². The third kappa shape index (κ3) is 7.96. The number of rotatable bonds is 10. The lowest BCUT2D eigenvalue weighted by molar-refractivity contribution is -0.135. The monoisotopic (exact) mass is 879 g/mol. The molecule has 10 rings (SSSR count). The third-order valence-corrected chi connectivity index (χ3v) is 13.8. The van der Waals surface area contributed by atoms with Crippen molar-refractivity contribution in [1.29, 1.82) is 0 Å². The second-order valence-corrected chi connectivity index (χ2v) is 18.0. The number of imidazole rings is 1. The number of piperidine rings is 2. The number of nitrogens with zero attached hydrogens (tertiary/aromatic N) is 9. The minimum atomic E-state index is -2.87. The van der Waals surface area contributed by atoms with Crippen molar-refractivity contribution in [3.05, 3.63) is 70.2 Å². The van der Waals surface area contributed by atoms with Crippen molar-refractivity contribution in [3.8, 4) is 11.8 Å². The number of halogens is 2. The van der Waals surface area contributed by atoms with Gasteiger partial charge >= 0.3 is 5.69 Å². The molecule has 4 aliphatic heterocycles. The molecule has 17 nitrogen and oxygen atoms in total. The van der Waals surface area contributed by atoms with Gasteiger partial charge in [0.05, 0.1) is 59.4 Å². The first-order chi connectivity index (χ1) is 31.0. The molecule has 5 aliphatic rings. The van der Waals surface area contributed by atoms with Gasteiger partial charge in [-0.3, -0.25) is 33.5 Å². The minimum absolute atomic E-state index is 0.0114. The Morgan fingerprint density at radius 3 is 2.67 bits per heavy atom. The number of hydrogen-bond donors (Lipinski definition) is 2. The fourth-order valence-corrected chi connectivity index (χ4v) is 10.5. The van der Waals surface area contributed by atoms with Crippen LogP contribution >= 0.6 is 0 Å². The van der Waals surface area contributed by atoms with E-state index in [0.717, 1.165) is 70.5 Å². The summed E-state index contributed by atoms with van der Waals surface area (Å²) in [5, 5.41) is 13.6. The molecule has 336 valence electrons. The maximum absolute atomic E-state index is 14.3. The fourth-order valence-electron chi connectivity index (χ4n) is 10.5. The van der Waals surface area contributed by atoms with Crippen LogP contribution < -0.4 is 21.2 Å². The van der Waals surface area contributed by atoms with Crippen LogP contribution in [0.1, 0.15) is 98.4 Å². The average molecular weight is 880 g/mol. The highest BCUT2D eigenvalue weighted by atomic mass is 19.3. The molecule has 1 aromatic carbocycles. The quantitative estimate of drug-likeness (QED) is 0.152. The van der Waals surface area contributed by atoms with E-state index in [0.29, 0.717) is 34.8 Å². The number of imide groups is 1. The van der Waals surface area contributed by atoms with E-state index in [1.54, 1.807) is 24.0 Å².